The third-order valence-electron chi connectivity index (χ3n) is 1.50. The van der Waals surface area contributed by atoms with Crippen LogP contribution in [0.25, 0.3) is 0 Å². The van der Waals surface area contributed by atoms with Gasteiger partial charge in [-0.05, 0) is 20.8 Å². The van der Waals surface area contributed by atoms with Gasteiger partial charge in [-0.3, -0.25) is 4.99 Å². The van der Waals surface area contributed by atoms with Crippen molar-refractivity contribution in [2.75, 3.05) is 25.1 Å². The molecule has 0 aromatic rings. The lowest BCUT2D eigenvalue weighted by Crippen LogP contribution is -2.41. The Morgan fingerprint density at radius 3 is 2.40 bits per heavy atom. The third kappa shape index (κ3) is 9.52. The third-order valence-corrected chi connectivity index (χ3v) is 2.43. The number of rotatable bonds is 5. The first-order chi connectivity index (χ1) is 6.85. The summed E-state index contributed by atoms with van der Waals surface area (Å²) >= 11 is 0. The molecule has 0 fully saturated rings. The number of sulfone groups is 1. The van der Waals surface area contributed by atoms with Crippen molar-refractivity contribution < 1.29 is 8.42 Å². The van der Waals surface area contributed by atoms with Crippen LogP contribution in [0.15, 0.2) is 4.99 Å². The average molecular weight is 235 g/mol. The van der Waals surface area contributed by atoms with Crippen LogP contribution in [0.2, 0.25) is 0 Å². The maximum atomic E-state index is 10.9. The Hall–Kier alpha value is -0.780. The van der Waals surface area contributed by atoms with Crippen LogP contribution >= 0.6 is 0 Å². The second-order valence-corrected chi connectivity index (χ2v) is 5.95. The Morgan fingerprint density at radius 2 is 2.00 bits per heavy atom. The van der Waals surface area contributed by atoms with Gasteiger partial charge in [-0.15, -0.1) is 0 Å². The highest BCUT2D eigenvalue weighted by molar-refractivity contribution is 7.90. The number of nitrogens with zero attached hydrogens (tertiary/aromatic N) is 1. The van der Waals surface area contributed by atoms with E-state index >= 15 is 0 Å². The maximum absolute atomic E-state index is 10.9. The van der Waals surface area contributed by atoms with Crippen LogP contribution in [-0.2, 0) is 9.84 Å². The fourth-order valence-electron chi connectivity index (χ4n) is 0.917. The van der Waals surface area contributed by atoms with Crippen molar-refractivity contribution in [3.8, 4) is 0 Å². The van der Waals surface area contributed by atoms with Crippen molar-refractivity contribution in [3.05, 3.63) is 0 Å². The van der Waals surface area contributed by atoms with Crippen molar-refractivity contribution >= 4 is 15.8 Å². The number of aliphatic imine (C=N–C) groups is 1. The van der Waals surface area contributed by atoms with E-state index in [9.17, 15) is 8.42 Å². The molecule has 0 aliphatic rings. The molecule has 0 saturated heterocycles. The van der Waals surface area contributed by atoms with Crippen molar-refractivity contribution in [2.45, 2.75) is 26.8 Å². The lowest BCUT2D eigenvalue weighted by molar-refractivity contribution is 0.601. The first-order valence-corrected chi connectivity index (χ1v) is 7.13. The van der Waals surface area contributed by atoms with Gasteiger partial charge in [-0.2, -0.15) is 0 Å². The molecule has 0 radical (unpaired) electrons. The smallest absolute Gasteiger partial charge is 0.191 e. The standard InChI is InChI=1S/C9H21N3O2S/c1-5-10-9(12-8(2)3)11-6-7-15(4,13)14/h8H,5-7H2,1-4H3,(H2,10,11,12). The van der Waals surface area contributed by atoms with Crippen molar-refractivity contribution in [1.82, 2.24) is 10.6 Å². The topological polar surface area (TPSA) is 70.6 Å². The highest BCUT2D eigenvalue weighted by Gasteiger charge is 2.02. The van der Waals surface area contributed by atoms with E-state index < -0.39 is 9.84 Å². The molecule has 0 aromatic carbocycles. The molecule has 0 unspecified atom stereocenters. The Morgan fingerprint density at radius 1 is 1.40 bits per heavy atom. The molecule has 0 aromatic heterocycles. The zero-order valence-electron chi connectivity index (χ0n) is 9.87. The van der Waals surface area contributed by atoms with Crippen molar-refractivity contribution in [3.63, 3.8) is 0 Å². The zero-order chi connectivity index (χ0) is 11.9. The number of nitrogens with one attached hydrogen (secondary N) is 2. The first-order valence-electron chi connectivity index (χ1n) is 5.07. The second-order valence-electron chi connectivity index (χ2n) is 3.69. The van der Waals surface area contributed by atoms with Gasteiger partial charge < -0.3 is 10.6 Å². The second kappa shape index (κ2) is 6.66. The average Bonchev–Trinajstić information content (AvgIpc) is 2.00. The predicted molar refractivity (Wildman–Crippen MR) is 64.0 cm³/mol. The Labute approximate surface area is 92.3 Å². The normalized spacial score (nSPS) is 13.0. The van der Waals surface area contributed by atoms with Crippen LogP contribution in [0.1, 0.15) is 20.8 Å². The fourth-order valence-corrected chi connectivity index (χ4v) is 1.34. The molecule has 2 N–H and O–H groups in total. The highest BCUT2D eigenvalue weighted by Crippen LogP contribution is 1.84. The molecule has 6 heteroatoms. The fraction of sp³-hybridized carbons (Fsp3) is 0.889. The number of guanidine groups is 1. The molecule has 0 bridgehead atoms. The summed E-state index contributed by atoms with van der Waals surface area (Å²) in [7, 11) is -2.93. The van der Waals surface area contributed by atoms with Gasteiger partial charge in [0, 0.05) is 18.8 Å². The summed E-state index contributed by atoms with van der Waals surface area (Å²) in [6, 6.07) is 0.279. The highest BCUT2D eigenvalue weighted by atomic mass is 32.2. The molecule has 0 rings (SSSR count). The van der Waals surface area contributed by atoms with E-state index in [1.807, 2.05) is 20.8 Å². The molecule has 0 amide bonds. The van der Waals surface area contributed by atoms with Crippen LogP contribution in [0, 0.1) is 0 Å². The molecule has 0 heterocycles. The van der Waals surface area contributed by atoms with Gasteiger partial charge >= 0.3 is 0 Å². The van der Waals surface area contributed by atoms with E-state index in [4.69, 9.17) is 0 Å². The molecule has 0 spiro atoms. The minimum absolute atomic E-state index is 0.0850. The largest absolute Gasteiger partial charge is 0.357 e. The van der Waals surface area contributed by atoms with Gasteiger partial charge in [0.1, 0.15) is 9.84 Å². The summed E-state index contributed by atoms with van der Waals surface area (Å²) in [5.41, 5.74) is 0. The lowest BCUT2D eigenvalue weighted by atomic mass is 10.4. The first kappa shape index (κ1) is 14.2. The summed E-state index contributed by atoms with van der Waals surface area (Å²) in [6.45, 7) is 7.03. The van der Waals surface area contributed by atoms with Gasteiger partial charge in [0.2, 0.25) is 0 Å². The molecule has 5 nitrogen and oxygen atoms in total. The summed E-state index contributed by atoms with van der Waals surface area (Å²) in [5, 5.41) is 6.16. The maximum Gasteiger partial charge on any atom is 0.191 e. The number of hydrogen-bond acceptors (Lipinski definition) is 3. The van der Waals surface area contributed by atoms with Crippen LogP contribution in [0.3, 0.4) is 0 Å². The van der Waals surface area contributed by atoms with Gasteiger partial charge in [0.05, 0.1) is 12.3 Å². The molecule has 0 aliphatic heterocycles. The molecule has 90 valence electrons. The molecule has 0 saturated carbocycles. The minimum Gasteiger partial charge on any atom is -0.357 e. The number of hydrogen-bond donors (Lipinski definition) is 2. The van der Waals surface area contributed by atoms with Crippen LogP contribution in [0.4, 0.5) is 0 Å². The predicted octanol–water partition coefficient (Wildman–Crippen LogP) is -0.00550. The monoisotopic (exact) mass is 235 g/mol. The van der Waals surface area contributed by atoms with Crippen LogP contribution in [-0.4, -0.2) is 45.5 Å². The molecular weight excluding hydrogens is 214 g/mol. The molecule has 0 aliphatic carbocycles. The summed E-state index contributed by atoms with van der Waals surface area (Å²) in [4.78, 5) is 4.15. The molecule has 0 atom stereocenters. The summed E-state index contributed by atoms with van der Waals surface area (Å²) in [6.07, 6.45) is 1.21. The molecular formula is C9H21N3O2S. The zero-order valence-corrected chi connectivity index (χ0v) is 10.7. The van der Waals surface area contributed by atoms with E-state index in [-0.39, 0.29) is 11.8 Å². The summed E-state index contributed by atoms with van der Waals surface area (Å²) < 4.78 is 21.8. The SMILES string of the molecule is CCNC(=NCCS(C)(=O)=O)NC(C)C. The van der Waals surface area contributed by atoms with Crippen molar-refractivity contribution in [1.29, 1.82) is 0 Å². The van der Waals surface area contributed by atoms with Gasteiger partial charge in [-0.25, -0.2) is 8.42 Å². The molecule has 15 heavy (non-hydrogen) atoms. The van der Waals surface area contributed by atoms with Gasteiger partial charge in [0.25, 0.3) is 0 Å². The Balaban J connectivity index is 4.17. The van der Waals surface area contributed by atoms with Gasteiger partial charge in [-0.1, -0.05) is 0 Å². The van der Waals surface area contributed by atoms with Crippen LogP contribution in [0.5, 0.6) is 0 Å². The lowest BCUT2D eigenvalue weighted by Gasteiger charge is -2.13. The van der Waals surface area contributed by atoms with Crippen molar-refractivity contribution in [2.24, 2.45) is 4.99 Å². The van der Waals surface area contributed by atoms with E-state index in [1.165, 1.54) is 6.26 Å². The Bertz CT molecular complexity index is 296. The minimum atomic E-state index is -2.93. The quantitative estimate of drug-likeness (QED) is 0.519. The Kier molecular flexibility index (Phi) is 6.31. The van der Waals surface area contributed by atoms with Gasteiger partial charge in [0.15, 0.2) is 5.96 Å². The van der Waals surface area contributed by atoms with E-state index in [2.05, 4.69) is 15.6 Å². The van der Waals surface area contributed by atoms with Crippen LogP contribution < -0.4 is 10.6 Å². The summed E-state index contributed by atoms with van der Waals surface area (Å²) in [5.74, 6) is 0.748. The van der Waals surface area contributed by atoms with E-state index in [0.717, 1.165) is 6.54 Å². The van der Waals surface area contributed by atoms with E-state index in [0.29, 0.717) is 12.5 Å². The van der Waals surface area contributed by atoms with E-state index in [1.54, 1.807) is 0 Å².